The summed E-state index contributed by atoms with van der Waals surface area (Å²) in [6.07, 6.45) is 2.00. The van der Waals surface area contributed by atoms with Gasteiger partial charge in [-0.2, -0.15) is 0 Å². The van der Waals surface area contributed by atoms with Crippen LogP contribution in [0.5, 0.6) is 5.75 Å². The Bertz CT molecular complexity index is 435. The molecule has 0 atom stereocenters. The molecule has 1 aromatic rings. The van der Waals surface area contributed by atoms with Gasteiger partial charge in [0.15, 0.2) is 0 Å². The van der Waals surface area contributed by atoms with Crippen LogP contribution >= 0.6 is 0 Å². The molecule has 0 aliphatic rings. The first-order chi connectivity index (χ1) is 9.69. The maximum absolute atomic E-state index is 12.0. The van der Waals surface area contributed by atoms with Crippen LogP contribution in [0.4, 0.5) is 5.69 Å². The molecule has 0 saturated heterocycles. The summed E-state index contributed by atoms with van der Waals surface area (Å²) in [7, 11) is 1.61. The Hall–Kier alpha value is -2.01. The van der Waals surface area contributed by atoms with Gasteiger partial charge in [0, 0.05) is 20.2 Å². The van der Waals surface area contributed by atoms with Gasteiger partial charge in [0.05, 0.1) is 25.3 Å². The van der Waals surface area contributed by atoms with Crippen molar-refractivity contribution in [2.75, 3.05) is 39.1 Å². The molecule has 0 heterocycles. The lowest BCUT2D eigenvalue weighted by Crippen LogP contribution is -2.34. The number of carbonyl (C=O) groups is 1. The van der Waals surface area contributed by atoms with Crippen molar-refractivity contribution in [1.82, 2.24) is 4.90 Å². The van der Waals surface area contributed by atoms with Gasteiger partial charge in [-0.15, -0.1) is 6.58 Å². The largest absolute Gasteiger partial charge is 0.491 e. The van der Waals surface area contributed by atoms with Crippen molar-refractivity contribution in [3.63, 3.8) is 0 Å². The summed E-state index contributed by atoms with van der Waals surface area (Å²) >= 11 is 0. The molecule has 0 spiro atoms. The van der Waals surface area contributed by atoms with Crippen molar-refractivity contribution in [3.05, 3.63) is 36.9 Å². The Kier molecular flexibility index (Phi) is 7.21. The van der Waals surface area contributed by atoms with E-state index >= 15 is 0 Å². The van der Waals surface area contributed by atoms with Crippen molar-refractivity contribution < 1.29 is 14.3 Å². The molecule has 110 valence electrons. The molecule has 5 nitrogen and oxygen atoms in total. The molecule has 1 amide bonds. The standard InChI is InChI=1S/C15H22N2O3/c1-3-9-17(10-12-19-2)15(18)8-11-20-14-7-5-4-6-13(14)16/h3-7H,1,8-12,16H2,2H3. The summed E-state index contributed by atoms with van der Waals surface area (Å²) < 4.78 is 10.5. The van der Waals surface area contributed by atoms with E-state index < -0.39 is 0 Å². The molecular weight excluding hydrogens is 256 g/mol. The SMILES string of the molecule is C=CCN(CCOC)C(=O)CCOc1ccccc1N. The number of rotatable bonds is 9. The summed E-state index contributed by atoms with van der Waals surface area (Å²) in [5.41, 5.74) is 6.33. The lowest BCUT2D eigenvalue weighted by molar-refractivity contribution is -0.131. The number of para-hydroxylation sites is 2. The molecule has 0 radical (unpaired) electrons. The van der Waals surface area contributed by atoms with Gasteiger partial charge in [-0.25, -0.2) is 0 Å². The average Bonchev–Trinajstić information content (AvgIpc) is 2.45. The third-order valence-electron chi connectivity index (χ3n) is 2.76. The maximum atomic E-state index is 12.0. The molecule has 20 heavy (non-hydrogen) atoms. The summed E-state index contributed by atoms with van der Waals surface area (Å²) in [5, 5.41) is 0. The second-order valence-corrected chi connectivity index (χ2v) is 4.26. The fraction of sp³-hybridized carbons (Fsp3) is 0.400. The van der Waals surface area contributed by atoms with Crippen molar-refractivity contribution >= 4 is 11.6 Å². The minimum atomic E-state index is 0.0106. The van der Waals surface area contributed by atoms with Gasteiger partial charge in [-0.3, -0.25) is 4.79 Å². The molecule has 0 fully saturated rings. The molecule has 5 heteroatoms. The smallest absolute Gasteiger partial charge is 0.226 e. The molecule has 1 aromatic carbocycles. The van der Waals surface area contributed by atoms with Crippen LogP contribution in [0.1, 0.15) is 6.42 Å². The highest BCUT2D eigenvalue weighted by Crippen LogP contribution is 2.19. The summed E-state index contributed by atoms with van der Waals surface area (Å²) in [4.78, 5) is 13.7. The zero-order valence-corrected chi connectivity index (χ0v) is 11.9. The number of ether oxygens (including phenoxy) is 2. The van der Waals surface area contributed by atoms with E-state index in [1.165, 1.54) is 0 Å². The Morgan fingerprint density at radius 1 is 1.40 bits per heavy atom. The number of amides is 1. The fourth-order valence-electron chi connectivity index (χ4n) is 1.69. The number of methoxy groups -OCH3 is 1. The first kappa shape index (κ1) is 16.0. The van der Waals surface area contributed by atoms with Gasteiger partial charge in [0.1, 0.15) is 5.75 Å². The van der Waals surface area contributed by atoms with Crippen molar-refractivity contribution in [3.8, 4) is 5.75 Å². The number of hydrogen-bond donors (Lipinski definition) is 1. The van der Waals surface area contributed by atoms with Gasteiger partial charge in [0.2, 0.25) is 5.91 Å². The van der Waals surface area contributed by atoms with Crippen LogP contribution in [0.25, 0.3) is 0 Å². The number of carbonyl (C=O) groups excluding carboxylic acids is 1. The molecular formula is C15H22N2O3. The second kappa shape index (κ2) is 8.98. The number of nitrogen functional groups attached to an aromatic ring is 1. The third-order valence-corrected chi connectivity index (χ3v) is 2.76. The zero-order chi connectivity index (χ0) is 14.8. The van der Waals surface area contributed by atoms with Crippen LogP contribution in [-0.4, -0.2) is 44.2 Å². The average molecular weight is 278 g/mol. The van der Waals surface area contributed by atoms with Crippen LogP contribution in [0.2, 0.25) is 0 Å². The molecule has 0 aliphatic heterocycles. The van der Waals surface area contributed by atoms with Gasteiger partial charge in [0.25, 0.3) is 0 Å². The minimum absolute atomic E-state index is 0.0106. The number of hydrogen-bond acceptors (Lipinski definition) is 4. The normalized spacial score (nSPS) is 10.1. The van der Waals surface area contributed by atoms with Crippen LogP contribution in [0.15, 0.2) is 36.9 Å². The number of benzene rings is 1. The molecule has 0 saturated carbocycles. The highest BCUT2D eigenvalue weighted by molar-refractivity contribution is 5.76. The lowest BCUT2D eigenvalue weighted by atomic mass is 10.3. The summed E-state index contributed by atoms with van der Waals surface area (Å²) in [6.45, 7) is 5.51. The highest BCUT2D eigenvalue weighted by atomic mass is 16.5. The number of anilines is 1. The Balaban J connectivity index is 2.40. The van der Waals surface area contributed by atoms with Crippen LogP contribution in [0, 0.1) is 0 Å². The summed E-state index contributed by atoms with van der Waals surface area (Å²) in [6, 6.07) is 7.23. The topological polar surface area (TPSA) is 64.8 Å². The Labute approximate surface area is 120 Å². The monoisotopic (exact) mass is 278 g/mol. The van der Waals surface area contributed by atoms with Gasteiger partial charge < -0.3 is 20.1 Å². The van der Waals surface area contributed by atoms with E-state index in [1.54, 1.807) is 30.2 Å². The zero-order valence-electron chi connectivity index (χ0n) is 11.9. The van der Waals surface area contributed by atoms with E-state index in [-0.39, 0.29) is 5.91 Å². The molecule has 0 aliphatic carbocycles. The third kappa shape index (κ3) is 5.32. The van der Waals surface area contributed by atoms with Gasteiger partial charge in [-0.05, 0) is 12.1 Å². The Morgan fingerprint density at radius 3 is 2.80 bits per heavy atom. The predicted octanol–water partition coefficient (Wildman–Crippen LogP) is 1.70. The van der Waals surface area contributed by atoms with E-state index in [9.17, 15) is 4.79 Å². The van der Waals surface area contributed by atoms with Gasteiger partial charge >= 0.3 is 0 Å². The minimum Gasteiger partial charge on any atom is -0.491 e. The summed E-state index contributed by atoms with van der Waals surface area (Å²) in [5.74, 6) is 0.615. The van der Waals surface area contributed by atoms with Crippen molar-refractivity contribution in [2.24, 2.45) is 0 Å². The lowest BCUT2D eigenvalue weighted by Gasteiger charge is -2.20. The van der Waals surface area contributed by atoms with Crippen LogP contribution in [-0.2, 0) is 9.53 Å². The molecule has 0 bridgehead atoms. The quantitative estimate of drug-likeness (QED) is 0.551. The number of nitrogens with zero attached hydrogens (tertiary/aromatic N) is 1. The molecule has 0 aromatic heterocycles. The molecule has 0 unspecified atom stereocenters. The number of nitrogens with two attached hydrogens (primary N) is 1. The second-order valence-electron chi connectivity index (χ2n) is 4.26. The van der Waals surface area contributed by atoms with Crippen molar-refractivity contribution in [2.45, 2.75) is 6.42 Å². The van der Waals surface area contributed by atoms with E-state index in [0.717, 1.165) is 0 Å². The fourth-order valence-corrected chi connectivity index (χ4v) is 1.69. The van der Waals surface area contributed by atoms with E-state index in [1.807, 2.05) is 12.1 Å². The Morgan fingerprint density at radius 2 is 2.15 bits per heavy atom. The highest BCUT2D eigenvalue weighted by Gasteiger charge is 2.12. The first-order valence-corrected chi connectivity index (χ1v) is 6.54. The molecule has 1 rings (SSSR count). The maximum Gasteiger partial charge on any atom is 0.226 e. The van der Waals surface area contributed by atoms with E-state index in [0.29, 0.717) is 44.2 Å². The van der Waals surface area contributed by atoms with Gasteiger partial charge in [-0.1, -0.05) is 18.2 Å². The van der Waals surface area contributed by atoms with Crippen LogP contribution < -0.4 is 10.5 Å². The van der Waals surface area contributed by atoms with E-state index in [2.05, 4.69) is 6.58 Å². The first-order valence-electron chi connectivity index (χ1n) is 6.54. The van der Waals surface area contributed by atoms with Crippen molar-refractivity contribution in [1.29, 1.82) is 0 Å². The predicted molar refractivity (Wildman–Crippen MR) is 79.6 cm³/mol. The van der Waals surface area contributed by atoms with Crippen LogP contribution in [0.3, 0.4) is 0 Å². The molecule has 2 N–H and O–H groups in total. The van der Waals surface area contributed by atoms with E-state index in [4.69, 9.17) is 15.2 Å².